The number of nitriles is 1. The zero-order valence-corrected chi connectivity index (χ0v) is 22.6. The van der Waals surface area contributed by atoms with E-state index >= 15 is 4.39 Å². The Kier molecular flexibility index (Phi) is 11.3. The number of nitrogens with zero attached hydrogens (tertiary/aromatic N) is 4. The molecule has 0 saturated carbocycles. The minimum absolute atomic E-state index is 0.0388. The summed E-state index contributed by atoms with van der Waals surface area (Å²) in [5.41, 5.74) is 4.44. The predicted molar refractivity (Wildman–Crippen MR) is 146 cm³/mol. The number of aryl methyl sites for hydroxylation is 1. The van der Waals surface area contributed by atoms with Crippen LogP contribution in [-0.4, -0.2) is 35.5 Å². The second-order valence-corrected chi connectivity index (χ2v) is 8.77. The Hall–Kier alpha value is -4.61. The molecule has 2 N–H and O–H groups in total. The third-order valence-corrected chi connectivity index (χ3v) is 6.50. The van der Waals surface area contributed by atoms with E-state index in [4.69, 9.17) is 9.59 Å². The van der Waals surface area contributed by atoms with Crippen molar-refractivity contribution in [1.82, 2.24) is 15.2 Å². The molecule has 39 heavy (non-hydrogen) atoms. The number of hydrogen-bond acceptors (Lipinski definition) is 7. The van der Waals surface area contributed by atoms with Crippen molar-refractivity contribution in [2.45, 2.75) is 46.0 Å². The molecule has 1 aromatic heterocycles. The second-order valence-electron chi connectivity index (χ2n) is 8.77. The standard InChI is InChI=1S/C28H32F2N6.CO2/c1-7-23-25(13-20(14-31)15-33-23)35-24-11-10-22(29)27(28(24)30)21-9-12-26(36(8-2)16-21)17(3)18(4)34-19(5)32-6;2-1-3/h8,10-11,13,15,21,35H,2,4,7,9,12,16H2,1,3,5-6H3,(H,32,34);/b26-17+;. The molecule has 0 spiro atoms. The first kappa shape index (κ1) is 30.6. The van der Waals surface area contributed by atoms with Crippen LogP contribution in [0.5, 0.6) is 0 Å². The maximum Gasteiger partial charge on any atom is 0.373 e. The molecule has 1 unspecified atom stereocenters. The number of piperidine rings is 1. The molecule has 0 bridgehead atoms. The van der Waals surface area contributed by atoms with Crippen LogP contribution in [0.1, 0.15) is 56.4 Å². The van der Waals surface area contributed by atoms with Crippen LogP contribution in [0, 0.1) is 23.0 Å². The van der Waals surface area contributed by atoms with Crippen molar-refractivity contribution in [3.05, 3.63) is 89.2 Å². The van der Waals surface area contributed by atoms with Gasteiger partial charge in [0, 0.05) is 42.7 Å². The van der Waals surface area contributed by atoms with Crippen LogP contribution in [0.2, 0.25) is 0 Å². The third-order valence-electron chi connectivity index (χ3n) is 6.50. The van der Waals surface area contributed by atoms with Crippen molar-refractivity contribution in [3.63, 3.8) is 0 Å². The van der Waals surface area contributed by atoms with Gasteiger partial charge in [0.05, 0.1) is 28.5 Å². The molecule has 3 rings (SSSR count). The number of hydrogen-bond donors (Lipinski definition) is 2. The molecule has 1 saturated heterocycles. The van der Waals surface area contributed by atoms with Gasteiger partial charge in [-0.3, -0.25) is 9.98 Å². The number of aliphatic imine (C=N–C) groups is 1. The molecule has 0 aliphatic carbocycles. The fourth-order valence-electron chi connectivity index (χ4n) is 4.39. The molecular weight excluding hydrogens is 502 g/mol. The molecule has 1 aliphatic rings. The Bertz CT molecular complexity index is 1370. The number of rotatable bonds is 7. The summed E-state index contributed by atoms with van der Waals surface area (Å²) in [6.07, 6.45) is 5.18. The van der Waals surface area contributed by atoms with Crippen molar-refractivity contribution >= 4 is 23.4 Å². The number of allylic oxidation sites excluding steroid dienone is 2. The number of likely N-dealkylation sites (tertiary alicyclic amines) is 1. The Labute approximate surface area is 227 Å². The average Bonchev–Trinajstić information content (AvgIpc) is 2.94. The zero-order valence-electron chi connectivity index (χ0n) is 22.6. The molecule has 204 valence electrons. The van der Waals surface area contributed by atoms with E-state index in [0.717, 1.165) is 22.8 Å². The van der Waals surface area contributed by atoms with Gasteiger partial charge < -0.3 is 15.5 Å². The normalized spacial score (nSPS) is 16.2. The quantitative estimate of drug-likeness (QED) is 0.346. The lowest BCUT2D eigenvalue weighted by molar-refractivity contribution is -0.191. The highest BCUT2D eigenvalue weighted by atomic mass is 19.1. The summed E-state index contributed by atoms with van der Waals surface area (Å²) in [5.74, 6) is -0.861. The third kappa shape index (κ3) is 7.46. The number of benzene rings is 1. The van der Waals surface area contributed by atoms with E-state index in [9.17, 15) is 9.65 Å². The molecule has 1 aromatic carbocycles. The van der Waals surface area contributed by atoms with Gasteiger partial charge in [-0.2, -0.15) is 14.9 Å². The summed E-state index contributed by atoms with van der Waals surface area (Å²) < 4.78 is 30.7. The highest BCUT2D eigenvalue weighted by Crippen LogP contribution is 2.38. The number of nitrogens with one attached hydrogen (secondary N) is 2. The van der Waals surface area contributed by atoms with Crippen molar-refractivity contribution in [1.29, 1.82) is 5.26 Å². The van der Waals surface area contributed by atoms with Crippen LogP contribution in [0.3, 0.4) is 0 Å². The molecule has 10 heteroatoms. The van der Waals surface area contributed by atoms with E-state index in [2.05, 4.69) is 33.8 Å². The molecule has 1 aliphatic heterocycles. The predicted octanol–water partition coefficient (Wildman–Crippen LogP) is 5.70. The fraction of sp³-hybridized carbons (Fsp3) is 0.310. The zero-order chi connectivity index (χ0) is 29.1. The summed E-state index contributed by atoms with van der Waals surface area (Å²) in [6.45, 7) is 14.1. The molecular formula is C29H32F2N6O2. The topological polar surface area (TPSA) is 110 Å². The maximum absolute atomic E-state index is 15.7. The van der Waals surface area contributed by atoms with Crippen LogP contribution in [0.4, 0.5) is 20.2 Å². The van der Waals surface area contributed by atoms with Crippen molar-refractivity contribution in [2.24, 2.45) is 4.99 Å². The highest BCUT2D eigenvalue weighted by Gasteiger charge is 2.30. The van der Waals surface area contributed by atoms with Gasteiger partial charge >= 0.3 is 6.15 Å². The minimum atomic E-state index is -0.640. The Morgan fingerprint density at radius 2 is 2.00 bits per heavy atom. The van der Waals surface area contributed by atoms with Gasteiger partial charge in [-0.05, 0) is 63.1 Å². The van der Waals surface area contributed by atoms with Crippen LogP contribution < -0.4 is 10.6 Å². The van der Waals surface area contributed by atoms with E-state index in [1.165, 1.54) is 18.3 Å². The summed E-state index contributed by atoms with van der Waals surface area (Å²) >= 11 is 0. The van der Waals surface area contributed by atoms with Crippen molar-refractivity contribution in [3.8, 4) is 6.07 Å². The van der Waals surface area contributed by atoms with E-state index in [-0.39, 0.29) is 23.3 Å². The van der Waals surface area contributed by atoms with Crippen LogP contribution in [0.15, 0.2) is 65.7 Å². The van der Waals surface area contributed by atoms with E-state index < -0.39 is 11.6 Å². The van der Waals surface area contributed by atoms with Gasteiger partial charge in [-0.1, -0.05) is 20.1 Å². The summed E-state index contributed by atoms with van der Waals surface area (Å²) in [6, 6.07) is 6.33. The first-order valence-corrected chi connectivity index (χ1v) is 12.3. The van der Waals surface area contributed by atoms with Crippen LogP contribution in [-0.2, 0) is 16.0 Å². The number of pyridine rings is 1. The first-order valence-electron chi connectivity index (χ1n) is 12.3. The molecule has 2 aromatic rings. The summed E-state index contributed by atoms with van der Waals surface area (Å²) in [7, 11) is 1.70. The lowest BCUT2D eigenvalue weighted by atomic mass is 9.87. The van der Waals surface area contributed by atoms with Crippen LogP contribution in [0.25, 0.3) is 0 Å². The SMILES string of the molecule is C=CN1CC(c2c(F)ccc(Nc3cc(C#N)cnc3CC)c2F)CC/C1=C(/C)C(=C)NC(C)=NC.O=C=O. The molecule has 0 radical (unpaired) electrons. The van der Waals surface area contributed by atoms with Gasteiger partial charge in [0.25, 0.3) is 0 Å². The molecule has 8 nitrogen and oxygen atoms in total. The lowest BCUT2D eigenvalue weighted by Crippen LogP contribution is -2.31. The molecule has 0 amide bonds. The van der Waals surface area contributed by atoms with Gasteiger partial charge in [0.2, 0.25) is 0 Å². The molecule has 1 atom stereocenters. The summed E-state index contributed by atoms with van der Waals surface area (Å²) in [4.78, 5) is 26.6. The number of halogens is 2. The van der Waals surface area contributed by atoms with E-state index in [1.807, 2.05) is 31.7 Å². The van der Waals surface area contributed by atoms with Gasteiger partial charge in [-0.15, -0.1) is 0 Å². The van der Waals surface area contributed by atoms with E-state index in [1.54, 1.807) is 19.3 Å². The van der Waals surface area contributed by atoms with Crippen molar-refractivity contribution < 1.29 is 18.4 Å². The Morgan fingerprint density at radius 1 is 1.31 bits per heavy atom. The monoisotopic (exact) mass is 534 g/mol. The van der Waals surface area contributed by atoms with Gasteiger partial charge in [0.1, 0.15) is 11.9 Å². The number of carbonyl (C=O) groups excluding carboxylic acids is 2. The van der Waals surface area contributed by atoms with E-state index in [0.29, 0.717) is 42.8 Å². The smallest absolute Gasteiger partial charge is 0.352 e. The molecule has 2 heterocycles. The average molecular weight is 535 g/mol. The van der Waals surface area contributed by atoms with Crippen LogP contribution >= 0.6 is 0 Å². The fourth-order valence-corrected chi connectivity index (χ4v) is 4.39. The van der Waals surface area contributed by atoms with Crippen molar-refractivity contribution in [2.75, 3.05) is 18.9 Å². The first-order chi connectivity index (χ1) is 18.6. The largest absolute Gasteiger partial charge is 0.373 e. The second kappa shape index (κ2) is 14.4. The number of aromatic nitrogens is 1. The highest BCUT2D eigenvalue weighted by molar-refractivity contribution is 5.81. The van der Waals surface area contributed by atoms with Gasteiger partial charge in [-0.25, -0.2) is 8.78 Å². The maximum atomic E-state index is 15.7. The Morgan fingerprint density at radius 3 is 2.59 bits per heavy atom. The lowest BCUT2D eigenvalue weighted by Gasteiger charge is -2.36. The van der Waals surface area contributed by atoms with Gasteiger partial charge in [0.15, 0.2) is 5.82 Å². The number of anilines is 2. The number of amidine groups is 1. The molecule has 1 fully saturated rings. The minimum Gasteiger partial charge on any atom is -0.352 e. The Balaban J connectivity index is 0.00000170. The summed E-state index contributed by atoms with van der Waals surface area (Å²) in [5, 5.41) is 15.4.